The molecule has 3 aromatic rings. The van der Waals surface area contributed by atoms with Gasteiger partial charge in [0.15, 0.2) is 0 Å². The van der Waals surface area contributed by atoms with Gasteiger partial charge in [-0.2, -0.15) is 5.10 Å². The minimum atomic E-state index is 0.602. The molecule has 2 nitrogen and oxygen atoms in total. The van der Waals surface area contributed by atoms with Crippen LogP contribution in [0.4, 0.5) is 0 Å². The highest BCUT2D eigenvalue weighted by molar-refractivity contribution is 6.30. The van der Waals surface area contributed by atoms with E-state index in [0.717, 1.165) is 27.2 Å². The Bertz CT molecular complexity index is 865. The van der Waals surface area contributed by atoms with Crippen LogP contribution in [0, 0.1) is 12.3 Å². The van der Waals surface area contributed by atoms with Gasteiger partial charge in [-0.1, -0.05) is 29.7 Å². The molecule has 0 atom stereocenters. The predicted octanol–water partition coefficient (Wildman–Crippen LogP) is 4.51. The summed E-state index contributed by atoms with van der Waals surface area (Å²) in [5.41, 5.74) is 5.41. The molecule has 1 saturated carbocycles. The quantitative estimate of drug-likeness (QED) is 0.635. The van der Waals surface area contributed by atoms with Gasteiger partial charge in [0.25, 0.3) is 0 Å². The van der Waals surface area contributed by atoms with Crippen molar-refractivity contribution in [3.63, 3.8) is 0 Å². The number of benzene rings is 1. The van der Waals surface area contributed by atoms with E-state index in [1.165, 1.54) is 18.5 Å². The molecule has 102 valence electrons. The fourth-order valence-corrected chi connectivity index (χ4v) is 2.83. The van der Waals surface area contributed by atoms with E-state index in [0.29, 0.717) is 5.92 Å². The summed E-state index contributed by atoms with van der Waals surface area (Å²) in [6.45, 7) is 0. The number of hydrogen-bond donors (Lipinski definition) is 0. The van der Waals surface area contributed by atoms with Crippen molar-refractivity contribution in [1.82, 2.24) is 9.61 Å². The van der Waals surface area contributed by atoms with Crippen molar-refractivity contribution in [2.24, 2.45) is 0 Å². The number of halogens is 1. The van der Waals surface area contributed by atoms with Crippen LogP contribution in [0.2, 0.25) is 5.02 Å². The first-order chi connectivity index (χ1) is 10.3. The van der Waals surface area contributed by atoms with Gasteiger partial charge in [-0.15, -0.1) is 6.42 Å². The van der Waals surface area contributed by atoms with E-state index < -0.39 is 0 Å². The Kier molecular flexibility index (Phi) is 2.77. The molecule has 2 aromatic heterocycles. The van der Waals surface area contributed by atoms with Crippen molar-refractivity contribution in [3.05, 3.63) is 58.9 Å². The fourth-order valence-electron chi connectivity index (χ4n) is 2.70. The number of aromatic nitrogens is 2. The molecule has 1 aliphatic rings. The molecule has 0 spiro atoms. The Morgan fingerprint density at radius 1 is 1.14 bits per heavy atom. The van der Waals surface area contributed by atoms with Crippen molar-refractivity contribution in [3.8, 4) is 23.5 Å². The lowest BCUT2D eigenvalue weighted by Gasteiger charge is -2.09. The summed E-state index contributed by atoms with van der Waals surface area (Å²) in [7, 11) is 0. The molecule has 1 aromatic carbocycles. The maximum atomic E-state index is 5.98. The fraction of sp³-hybridized carbons (Fsp3) is 0.167. The maximum absolute atomic E-state index is 5.98. The zero-order chi connectivity index (χ0) is 14.4. The number of hydrogen-bond acceptors (Lipinski definition) is 1. The highest BCUT2D eigenvalue weighted by atomic mass is 35.5. The number of nitrogens with zero attached hydrogens (tertiary/aromatic N) is 2. The normalized spacial score (nSPS) is 14.3. The highest BCUT2D eigenvalue weighted by Crippen LogP contribution is 2.41. The van der Waals surface area contributed by atoms with E-state index in [2.05, 4.69) is 23.2 Å². The molecule has 0 unspecified atom stereocenters. The monoisotopic (exact) mass is 292 g/mol. The van der Waals surface area contributed by atoms with Crippen molar-refractivity contribution >= 4 is 17.1 Å². The van der Waals surface area contributed by atoms with E-state index in [1.807, 2.05) is 28.8 Å². The van der Waals surface area contributed by atoms with Crippen LogP contribution >= 0.6 is 11.6 Å². The average Bonchev–Trinajstić information content (AvgIpc) is 3.26. The van der Waals surface area contributed by atoms with Gasteiger partial charge in [-0.25, -0.2) is 4.52 Å². The first-order valence-corrected chi connectivity index (χ1v) is 7.38. The zero-order valence-corrected chi connectivity index (χ0v) is 12.1. The van der Waals surface area contributed by atoms with Gasteiger partial charge in [-0.05, 0) is 48.2 Å². The second-order valence-corrected chi connectivity index (χ2v) is 5.89. The molecule has 0 bridgehead atoms. The van der Waals surface area contributed by atoms with Gasteiger partial charge < -0.3 is 0 Å². The van der Waals surface area contributed by atoms with Crippen molar-refractivity contribution < 1.29 is 0 Å². The smallest absolute Gasteiger partial charge is 0.0827 e. The lowest BCUT2D eigenvalue weighted by molar-refractivity contribution is 0.858. The molecule has 3 heteroatoms. The maximum Gasteiger partial charge on any atom is 0.0827 e. The van der Waals surface area contributed by atoms with Gasteiger partial charge in [0.1, 0.15) is 0 Å². The van der Waals surface area contributed by atoms with Crippen LogP contribution in [0.1, 0.15) is 30.0 Å². The molecule has 2 heterocycles. The summed E-state index contributed by atoms with van der Waals surface area (Å²) >= 11 is 5.98. The zero-order valence-electron chi connectivity index (χ0n) is 11.4. The standard InChI is InChI=1S/C18H13ClN2/c1-2-12-11-20-21-17(12)9-15(10-18(21)14-3-4-14)13-5-7-16(19)8-6-13/h1,5-11,14H,3-4H2. The highest BCUT2D eigenvalue weighted by Gasteiger charge is 2.27. The molecule has 0 aliphatic heterocycles. The lowest BCUT2D eigenvalue weighted by Crippen LogP contribution is -1.98. The second-order valence-electron chi connectivity index (χ2n) is 5.45. The average molecular weight is 293 g/mol. The summed E-state index contributed by atoms with van der Waals surface area (Å²) in [6.07, 6.45) is 9.81. The molecule has 0 radical (unpaired) electrons. The van der Waals surface area contributed by atoms with Crippen LogP contribution in [-0.2, 0) is 0 Å². The lowest BCUT2D eigenvalue weighted by atomic mass is 10.0. The third-order valence-electron chi connectivity index (χ3n) is 3.98. The summed E-state index contributed by atoms with van der Waals surface area (Å²) in [5.74, 6) is 3.32. The Morgan fingerprint density at radius 2 is 1.90 bits per heavy atom. The van der Waals surface area contributed by atoms with E-state index >= 15 is 0 Å². The Morgan fingerprint density at radius 3 is 2.57 bits per heavy atom. The summed E-state index contributed by atoms with van der Waals surface area (Å²) in [6, 6.07) is 12.2. The molecular formula is C18H13ClN2. The SMILES string of the molecule is C#Cc1cnn2c(C3CC3)cc(-c3ccc(Cl)cc3)cc12. The van der Waals surface area contributed by atoms with Crippen LogP contribution in [0.3, 0.4) is 0 Å². The molecule has 1 fully saturated rings. The van der Waals surface area contributed by atoms with Crippen LogP contribution in [0.25, 0.3) is 16.6 Å². The van der Waals surface area contributed by atoms with Crippen LogP contribution in [0.15, 0.2) is 42.6 Å². The van der Waals surface area contributed by atoms with Gasteiger partial charge in [-0.3, -0.25) is 0 Å². The van der Waals surface area contributed by atoms with Crippen LogP contribution < -0.4 is 0 Å². The first kappa shape index (κ1) is 12.5. The largest absolute Gasteiger partial charge is 0.236 e. The summed E-state index contributed by atoms with van der Waals surface area (Å²) in [4.78, 5) is 0. The van der Waals surface area contributed by atoms with Crippen LogP contribution in [0.5, 0.6) is 0 Å². The third-order valence-corrected chi connectivity index (χ3v) is 4.23. The molecule has 0 saturated heterocycles. The second kappa shape index (κ2) is 4.65. The molecule has 1 aliphatic carbocycles. The molecule has 4 rings (SSSR count). The van der Waals surface area contributed by atoms with Crippen molar-refractivity contribution in [1.29, 1.82) is 0 Å². The number of rotatable bonds is 2. The van der Waals surface area contributed by atoms with E-state index in [1.54, 1.807) is 6.20 Å². The molecule has 0 N–H and O–H groups in total. The predicted molar refractivity (Wildman–Crippen MR) is 85.5 cm³/mol. The Labute approximate surface area is 128 Å². The van der Waals surface area contributed by atoms with Crippen molar-refractivity contribution in [2.75, 3.05) is 0 Å². The van der Waals surface area contributed by atoms with E-state index in [9.17, 15) is 0 Å². The van der Waals surface area contributed by atoms with Gasteiger partial charge >= 0.3 is 0 Å². The topological polar surface area (TPSA) is 17.3 Å². The van der Waals surface area contributed by atoms with Gasteiger partial charge in [0.05, 0.1) is 17.3 Å². The van der Waals surface area contributed by atoms with Gasteiger partial charge in [0, 0.05) is 16.6 Å². The minimum Gasteiger partial charge on any atom is -0.236 e. The van der Waals surface area contributed by atoms with Crippen molar-refractivity contribution in [2.45, 2.75) is 18.8 Å². The third kappa shape index (κ3) is 2.11. The number of fused-ring (bicyclic) bond motifs is 1. The summed E-state index contributed by atoms with van der Waals surface area (Å²) in [5, 5.41) is 5.20. The number of terminal acetylenes is 1. The van der Waals surface area contributed by atoms with Gasteiger partial charge in [0.2, 0.25) is 0 Å². The Hall–Kier alpha value is -2.24. The number of pyridine rings is 1. The molecule has 0 amide bonds. The Balaban J connectivity index is 1.97. The summed E-state index contributed by atoms with van der Waals surface area (Å²) < 4.78 is 1.99. The minimum absolute atomic E-state index is 0.602. The van der Waals surface area contributed by atoms with E-state index in [-0.39, 0.29) is 0 Å². The molecular weight excluding hydrogens is 280 g/mol. The first-order valence-electron chi connectivity index (χ1n) is 7.00. The van der Waals surface area contributed by atoms with Crippen LogP contribution in [-0.4, -0.2) is 9.61 Å². The molecule has 21 heavy (non-hydrogen) atoms. The van der Waals surface area contributed by atoms with E-state index in [4.69, 9.17) is 18.0 Å².